The van der Waals surface area contributed by atoms with Crippen LogP contribution in [0.5, 0.6) is 0 Å². The molecule has 17 heavy (non-hydrogen) atoms. The standard InChI is InChI=1S/C12H21N3O2/c1-4-5-6-15(3)8-10-7-9(2)11(17-10)12(16)14-13/h7H,4-6,8,13H2,1-3H3,(H,14,16). The van der Waals surface area contributed by atoms with E-state index in [9.17, 15) is 4.79 Å². The van der Waals surface area contributed by atoms with Crippen LogP contribution >= 0.6 is 0 Å². The molecule has 0 aliphatic carbocycles. The normalized spacial score (nSPS) is 10.9. The van der Waals surface area contributed by atoms with Gasteiger partial charge >= 0.3 is 5.91 Å². The summed E-state index contributed by atoms with van der Waals surface area (Å²) in [7, 11) is 2.04. The third kappa shape index (κ3) is 3.87. The molecule has 1 heterocycles. The van der Waals surface area contributed by atoms with Crippen molar-refractivity contribution in [2.75, 3.05) is 13.6 Å². The molecule has 1 amide bonds. The number of carbonyl (C=O) groups is 1. The predicted molar refractivity (Wildman–Crippen MR) is 66.3 cm³/mol. The van der Waals surface area contributed by atoms with E-state index >= 15 is 0 Å². The van der Waals surface area contributed by atoms with Gasteiger partial charge in [0, 0.05) is 5.56 Å². The fraction of sp³-hybridized carbons (Fsp3) is 0.583. The number of hydrazine groups is 1. The van der Waals surface area contributed by atoms with Crippen LogP contribution in [0.25, 0.3) is 0 Å². The lowest BCUT2D eigenvalue weighted by atomic mass is 10.2. The maximum atomic E-state index is 11.4. The van der Waals surface area contributed by atoms with E-state index in [2.05, 4.69) is 17.2 Å². The summed E-state index contributed by atoms with van der Waals surface area (Å²) in [6.07, 6.45) is 2.33. The zero-order chi connectivity index (χ0) is 12.8. The lowest BCUT2D eigenvalue weighted by Crippen LogP contribution is -2.30. The predicted octanol–water partition coefficient (Wildman–Crippen LogP) is 1.42. The summed E-state index contributed by atoms with van der Waals surface area (Å²) < 4.78 is 5.48. The number of rotatable bonds is 6. The van der Waals surface area contributed by atoms with Crippen LogP contribution < -0.4 is 11.3 Å². The largest absolute Gasteiger partial charge is 0.454 e. The van der Waals surface area contributed by atoms with Crippen molar-refractivity contribution < 1.29 is 9.21 Å². The zero-order valence-corrected chi connectivity index (χ0v) is 10.7. The topological polar surface area (TPSA) is 71.5 Å². The van der Waals surface area contributed by atoms with Crippen LogP contribution in [0.1, 0.15) is 41.6 Å². The van der Waals surface area contributed by atoms with Crippen molar-refractivity contribution in [1.29, 1.82) is 0 Å². The highest BCUT2D eigenvalue weighted by Gasteiger charge is 2.15. The molecular formula is C12H21N3O2. The Kier molecular flexibility index (Phi) is 5.18. The third-order valence-electron chi connectivity index (χ3n) is 2.63. The third-order valence-corrected chi connectivity index (χ3v) is 2.63. The molecule has 0 aromatic carbocycles. The summed E-state index contributed by atoms with van der Waals surface area (Å²) in [6.45, 7) is 5.73. The quantitative estimate of drug-likeness (QED) is 0.447. The van der Waals surface area contributed by atoms with Crippen LogP contribution in [0.4, 0.5) is 0 Å². The van der Waals surface area contributed by atoms with E-state index in [1.165, 1.54) is 6.42 Å². The van der Waals surface area contributed by atoms with Gasteiger partial charge in [0.1, 0.15) is 5.76 Å². The smallest absolute Gasteiger partial charge is 0.301 e. The number of nitrogens with two attached hydrogens (primary N) is 1. The molecule has 3 N–H and O–H groups in total. The monoisotopic (exact) mass is 239 g/mol. The summed E-state index contributed by atoms with van der Waals surface area (Å²) in [5, 5.41) is 0. The average Bonchev–Trinajstić information content (AvgIpc) is 2.66. The summed E-state index contributed by atoms with van der Waals surface area (Å²) in [6, 6.07) is 1.88. The number of nitrogens with zero attached hydrogens (tertiary/aromatic N) is 1. The van der Waals surface area contributed by atoms with E-state index in [0.717, 1.165) is 24.3 Å². The first-order valence-electron chi connectivity index (χ1n) is 5.87. The van der Waals surface area contributed by atoms with Gasteiger partial charge in [-0.1, -0.05) is 13.3 Å². The number of furan rings is 1. The molecule has 1 rings (SSSR count). The maximum Gasteiger partial charge on any atom is 0.301 e. The number of aryl methyl sites for hydroxylation is 1. The second-order valence-corrected chi connectivity index (χ2v) is 4.29. The number of unbranched alkanes of at least 4 members (excludes halogenated alkanes) is 1. The van der Waals surface area contributed by atoms with E-state index in [4.69, 9.17) is 10.3 Å². The summed E-state index contributed by atoms with van der Waals surface area (Å²) in [5.74, 6) is 5.78. The molecule has 1 aromatic rings. The Balaban J connectivity index is 2.63. The number of hydrogen-bond acceptors (Lipinski definition) is 4. The van der Waals surface area contributed by atoms with Gasteiger partial charge in [-0.25, -0.2) is 5.84 Å². The van der Waals surface area contributed by atoms with Crippen molar-refractivity contribution in [2.24, 2.45) is 5.84 Å². The molecule has 0 unspecified atom stereocenters. The minimum atomic E-state index is -0.384. The SMILES string of the molecule is CCCCN(C)Cc1cc(C)c(C(=O)NN)o1. The molecule has 0 bridgehead atoms. The van der Waals surface area contributed by atoms with Gasteiger partial charge in [-0.2, -0.15) is 0 Å². The fourth-order valence-corrected chi connectivity index (χ4v) is 1.69. The summed E-state index contributed by atoms with van der Waals surface area (Å²) >= 11 is 0. The minimum Gasteiger partial charge on any atom is -0.454 e. The number of amides is 1. The van der Waals surface area contributed by atoms with Crippen LogP contribution in [0, 0.1) is 6.92 Å². The Morgan fingerprint density at radius 3 is 2.88 bits per heavy atom. The lowest BCUT2D eigenvalue weighted by Gasteiger charge is -2.13. The van der Waals surface area contributed by atoms with Crippen LogP contribution in [-0.4, -0.2) is 24.4 Å². The molecule has 0 radical (unpaired) electrons. The van der Waals surface area contributed by atoms with Gasteiger partial charge in [0.05, 0.1) is 6.54 Å². The number of carbonyl (C=O) groups excluding carboxylic acids is 1. The highest BCUT2D eigenvalue weighted by Crippen LogP contribution is 2.15. The second-order valence-electron chi connectivity index (χ2n) is 4.29. The highest BCUT2D eigenvalue weighted by atomic mass is 16.4. The molecule has 0 spiro atoms. The van der Waals surface area contributed by atoms with Gasteiger partial charge in [0.2, 0.25) is 0 Å². The molecule has 1 aromatic heterocycles. The van der Waals surface area contributed by atoms with Gasteiger partial charge in [0.25, 0.3) is 0 Å². The van der Waals surface area contributed by atoms with Crippen molar-refractivity contribution in [2.45, 2.75) is 33.2 Å². The molecule has 0 saturated heterocycles. The van der Waals surface area contributed by atoms with E-state index in [-0.39, 0.29) is 5.91 Å². The maximum absolute atomic E-state index is 11.4. The van der Waals surface area contributed by atoms with Gasteiger partial charge in [-0.3, -0.25) is 15.1 Å². The molecular weight excluding hydrogens is 218 g/mol. The Morgan fingerprint density at radius 2 is 2.29 bits per heavy atom. The van der Waals surface area contributed by atoms with Crippen LogP contribution in [0.15, 0.2) is 10.5 Å². The van der Waals surface area contributed by atoms with Crippen LogP contribution in [0.2, 0.25) is 0 Å². The first kappa shape index (κ1) is 13.7. The molecule has 5 heteroatoms. The summed E-state index contributed by atoms with van der Waals surface area (Å²) in [5.41, 5.74) is 2.89. The minimum absolute atomic E-state index is 0.298. The number of nitrogens with one attached hydrogen (secondary N) is 1. The van der Waals surface area contributed by atoms with Crippen molar-refractivity contribution >= 4 is 5.91 Å². The van der Waals surface area contributed by atoms with Crippen molar-refractivity contribution in [3.05, 3.63) is 23.2 Å². The first-order valence-corrected chi connectivity index (χ1v) is 5.87. The van der Waals surface area contributed by atoms with Gasteiger partial charge in [0.15, 0.2) is 5.76 Å². The van der Waals surface area contributed by atoms with E-state index in [0.29, 0.717) is 12.3 Å². The average molecular weight is 239 g/mol. The second kappa shape index (κ2) is 6.42. The van der Waals surface area contributed by atoms with Crippen molar-refractivity contribution in [3.63, 3.8) is 0 Å². The van der Waals surface area contributed by atoms with E-state index < -0.39 is 0 Å². The van der Waals surface area contributed by atoms with Crippen LogP contribution in [-0.2, 0) is 6.54 Å². The molecule has 0 atom stereocenters. The van der Waals surface area contributed by atoms with Gasteiger partial charge in [-0.15, -0.1) is 0 Å². The van der Waals surface area contributed by atoms with Gasteiger partial charge in [-0.05, 0) is 33.0 Å². The molecule has 0 saturated carbocycles. The Labute approximate surface area is 102 Å². The summed E-state index contributed by atoms with van der Waals surface area (Å²) in [4.78, 5) is 13.5. The zero-order valence-electron chi connectivity index (χ0n) is 10.7. The number of hydrogen-bond donors (Lipinski definition) is 2. The number of nitrogen functional groups attached to an aromatic ring is 1. The Morgan fingerprint density at radius 1 is 1.59 bits per heavy atom. The molecule has 0 aliphatic heterocycles. The molecule has 5 nitrogen and oxygen atoms in total. The first-order chi connectivity index (χ1) is 8.08. The Hall–Kier alpha value is -1.33. The van der Waals surface area contributed by atoms with Crippen molar-refractivity contribution in [1.82, 2.24) is 10.3 Å². The fourth-order valence-electron chi connectivity index (χ4n) is 1.69. The van der Waals surface area contributed by atoms with E-state index in [1.54, 1.807) is 0 Å². The Bertz CT molecular complexity index is 374. The van der Waals surface area contributed by atoms with Crippen LogP contribution in [0.3, 0.4) is 0 Å². The van der Waals surface area contributed by atoms with Gasteiger partial charge < -0.3 is 4.42 Å². The molecule has 0 aliphatic rings. The molecule has 96 valence electrons. The lowest BCUT2D eigenvalue weighted by molar-refractivity contribution is 0.0921. The van der Waals surface area contributed by atoms with Crippen molar-refractivity contribution in [3.8, 4) is 0 Å². The van der Waals surface area contributed by atoms with E-state index in [1.807, 2.05) is 20.0 Å². The highest BCUT2D eigenvalue weighted by molar-refractivity contribution is 5.92. The molecule has 0 fully saturated rings.